The van der Waals surface area contributed by atoms with Crippen molar-refractivity contribution in [2.24, 2.45) is 0 Å². The van der Waals surface area contributed by atoms with Crippen molar-refractivity contribution in [2.75, 3.05) is 0 Å². The molecule has 0 N–H and O–H groups in total. The molecule has 0 amide bonds. The van der Waals surface area contributed by atoms with E-state index in [1.165, 1.54) is 0 Å². The van der Waals surface area contributed by atoms with Gasteiger partial charge in [0.2, 0.25) is 0 Å². The third-order valence-corrected chi connectivity index (χ3v) is 79.4. The summed E-state index contributed by atoms with van der Waals surface area (Å²) in [5.41, 5.74) is 0. The predicted octanol–water partition coefficient (Wildman–Crippen LogP) is 4.22. The summed E-state index contributed by atoms with van der Waals surface area (Å²) < 4.78 is 16.2. The second-order valence-electron chi connectivity index (χ2n) is 12.8. The standard InChI is InChI=1S/2C5H5.2ClH.Ti/c2*1-2-4-5-3-1;;;/h2*1-5H;2*1H;. The Balaban J connectivity index is 0.000000222. The summed E-state index contributed by atoms with van der Waals surface area (Å²) in [4.78, 5) is 0. The molecule has 10 fully saturated rings. The van der Waals surface area contributed by atoms with Crippen LogP contribution in [-0.2, 0) is 8.89 Å². The molecule has 0 aromatic heterocycles. The van der Waals surface area contributed by atoms with Gasteiger partial charge in [-0.3, -0.25) is 0 Å². The maximum absolute atomic E-state index is 2.63. The number of halogens is 2. The van der Waals surface area contributed by atoms with Crippen molar-refractivity contribution >= 4 is 24.8 Å². The average Bonchev–Trinajstić information content (AvgIpc) is 3.01. The van der Waals surface area contributed by atoms with Crippen LogP contribution in [0.1, 0.15) is 0 Å². The predicted molar refractivity (Wildman–Crippen MR) is 52.0 cm³/mol. The van der Waals surface area contributed by atoms with Gasteiger partial charge in [-0.1, -0.05) is 0 Å². The molecule has 0 unspecified atom stereocenters. The first-order valence-electron chi connectivity index (χ1n) is 6.22. The van der Waals surface area contributed by atoms with Crippen LogP contribution in [0, 0.1) is 0 Å². The van der Waals surface area contributed by atoms with Gasteiger partial charge in [-0.2, -0.15) is 0 Å². The van der Waals surface area contributed by atoms with Crippen LogP contribution in [0.2, 0.25) is 42.2 Å². The van der Waals surface area contributed by atoms with Crippen molar-refractivity contribution in [2.45, 2.75) is 42.2 Å². The molecule has 3 heteroatoms. The van der Waals surface area contributed by atoms with Crippen molar-refractivity contribution in [3.05, 3.63) is 0 Å². The molecule has 10 rings (SSSR count). The second kappa shape index (κ2) is 0.345. The van der Waals surface area contributed by atoms with Gasteiger partial charge in [0.05, 0.1) is 0 Å². The van der Waals surface area contributed by atoms with Gasteiger partial charge in [0.25, 0.3) is 0 Å². The van der Waals surface area contributed by atoms with E-state index in [0.29, 0.717) is 0 Å². The van der Waals surface area contributed by atoms with Gasteiger partial charge in [0, 0.05) is 0 Å². The van der Waals surface area contributed by atoms with E-state index in [1.54, 1.807) is 42.2 Å². The van der Waals surface area contributed by atoms with Crippen molar-refractivity contribution < 1.29 is 8.89 Å². The topological polar surface area (TPSA) is 0 Å². The molecule has 1 spiro atoms. The van der Waals surface area contributed by atoms with Crippen LogP contribution >= 0.6 is 24.8 Å². The molecule has 13 heavy (non-hydrogen) atoms. The Bertz CT molecular complexity index is 580. The van der Waals surface area contributed by atoms with Gasteiger partial charge in [0.1, 0.15) is 0 Å². The van der Waals surface area contributed by atoms with Crippen LogP contribution in [0.3, 0.4) is 0 Å². The van der Waals surface area contributed by atoms with Crippen molar-refractivity contribution in [1.29, 1.82) is 0 Å². The molecule has 0 atom stereocenters. The van der Waals surface area contributed by atoms with Crippen LogP contribution < -0.4 is 0 Å². The zero-order chi connectivity index (χ0) is 6.09. The summed E-state index contributed by atoms with van der Waals surface area (Å²) in [6.45, 7) is 0. The molecule has 10 saturated heterocycles. The molecule has 10 aliphatic heterocycles. The molecule has 0 aromatic rings. The van der Waals surface area contributed by atoms with E-state index in [1.807, 2.05) is 0 Å². The molecule has 0 bridgehead atoms. The number of hydrogen-bond donors (Lipinski definition) is 0. The third-order valence-electron chi connectivity index (χ3n) is 20.1. The van der Waals surface area contributed by atoms with Crippen molar-refractivity contribution in [3.8, 4) is 0 Å². The molecule has 0 nitrogen and oxygen atoms in total. The molecule has 10 aliphatic rings. The molecular formula is C10H12Cl2Ti. The summed E-state index contributed by atoms with van der Waals surface area (Å²) in [5, 5.41) is 0. The van der Waals surface area contributed by atoms with Crippen molar-refractivity contribution in [1.82, 2.24) is 0 Å². The fourth-order valence-corrected chi connectivity index (χ4v) is 143. The monoisotopic (exact) mass is 250 g/mol. The zero-order valence-corrected chi connectivity index (χ0v) is 10.3. The minimum atomic E-state index is -2.63. The van der Waals surface area contributed by atoms with Gasteiger partial charge in [-0.25, -0.2) is 0 Å². The number of hydrogen-bond acceptors (Lipinski definition) is 0. The SMILES string of the molecule is Cl.Cl.[CH]12[CH]3[CH]4[CH]5[CH]1[Ti]23451678[CH]2[CH]1[CH]6[CH]7[CH]28. The molecule has 70 valence electrons. The fourth-order valence-electron chi connectivity index (χ4n) is 23.2. The van der Waals surface area contributed by atoms with Gasteiger partial charge >= 0.3 is 51.1 Å². The Morgan fingerprint density at radius 2 is 0.538 bits per heavy atom. The second-order valence-corrected chi connectivity index (χ2v) is 46.6. The van der Waals surface area contributed by atoms with E-state index in [0.717, 1.165) is 0 Å². The van der Waals surface area contributed by atoms with Gasteiger partial charge < -0.3 is 0 Å². The fraction of sp³-hybridized carbons (Fsp3) is 1.00. The first-order valence-corrected chi connectivity index (χ1v) is 15.2. The normalized spacial score (nSPS) is 145. The van der Waals surface area contributed by atoms with E-state index in [4.69, 9.17) is 0 Å². The molecule has 0 saturated carbocycles. The van der Waals surface area contributed by atoms with E-state index in [2.05, 4.69) is 0 Å². The van der Waals surface area contributed by atoms with E-state index >= 15 is 0 Å². The van der Waals surface area contributed by atoms with Crippen LogP contribution in [0.25, 0.3) is 0 Å². The Labute approximate surface area is 75.5 Å². The average molecular weight is 251 g/mol. The van der Waals surface area contributed by atoms with Gasteiger partial charge in [-0.05, 0) is 0 Å². The summed E-state index contributed by atoms with van der Waals surface area (Å²) >= 11 is 0. The van der Waals surface area contributed by atoms with E-state index < -0.39 is 8.89 Å². The summed E-state index contributed by atoms with van der Waals surface area (Å²) in [6, 6.07) is 0. The quantitative estimate of drug-likeness (QED) is 0.565. The first kappa shape index (κ1) is 5.57. The number of rotatable bonds is 0. The molecular weight excluding hydrogens is 239 g/mol. The van der Waals surface area contributed by atoms with Crippen molar-refractivity contribution in [3.63, 3.8) is 0 Å². The molecule has 0 radical (unpaired) electrons. The van der Waals surface area contributed by atoms with Crippen LogP contribution in [-0.4, -0.2) is 0 Å². The summed E-state index contributed by atoms with van der Waals surface area (Å²) in [7, 11) is -2.63. The Morgan fingerprint density at radius 1 is 0.385 bits per heavy atom. The Kier molecular flexibility index (Phi) is 0.148. The van der Waals surface area contributed by atoms with Gasteiger partial charge in [-0.15, -0.1) is 24.8 Å². The van der Waals surface area contributed by atoms with E-state index in [9.17, 15) is 0 Å². The van der Waals surface area contributed by atoms with E-state index in [-0.39, 0.29) is 24.8 Å². The Morgan fingerprint density at radius 3 is 0.538 bits per heavy atom. The third kappa shape index (κ3) is 0.0419. The van der Waals surface area contributed by atoms with Crippen LogP contribution in [0.15, 0.2) is 0 Å². The summed E-state index contributed by atoms with van der Waals surface area (Å²) in [6.07, 6.45) is 0. The Hall–Kier alpha value is 1.29. The van der Waals surface area contributed by atoms with Crippen LogP contribution in [0.4, 0.5) is 0 Å². The maximum atomic E-state index is 1.62. The first-order chi connectivity index (χ1) is 5.16. The molecule has 10 heterocycles. The molecule has 0 aliphatic carbocycles. The van der Waals surface area contributed by atoms with Gasteiger partial charge in [0.15, 0.2) is 0 Å². The number of fused-ring (bicyclic) bond motifs is 10. The molecule has 0 aromatic carbocycles. The van der Waals surface area contributed by atoms with Crippen LogP contribution in [0.5, 0.6) is 0 Å². The summed E-state index contributed by atoms with van der Waals surface area (Å²) in [5.74, 6) is 0. The zero-order valence-electron chi connectivity index (χ0n) is 7.09. The minimum absolute atomic E-state index is 0.